The van der Waals surface area contributed by atoms with Crippen LogP contribution >= 0.6 is 11.8 Å². The number of aliphatic hydroxyl groups excluding tert-OH is 1. The first-order chi connectivity index (χ1) is 7.33. The van der Waals surface area contributed by atoms with E-state index in [4.69, 9.17) is 5.11 Å². The van der Waals surface area contributed by atoms with Crippen LogP contribution in [0.2, 0.25) is 0 Å². The monoisotopic (exact) mass is 222 g/mol. The number of hydrogen-bond acceptors (Lipinski definition) is 3. The molecule has 2 aromatic rings. The number of fused-ring (bicyclic) bond motifs is 1. The largest absolute Gasteiger partial charge is 0.396 e. The summed E-state index contributed by atoms with van der Waals surface area (Å²) >= 11 is 1.69. The average molecular weight is 222 g/mol. The van der Waals surface area contributed by atoms with E-state index in [1.165, 1.54) is 0 Å². The average Bonchev–Trinajstić information content (AvgIpc) is 2.57. The third-order valence-corrected chi connectivity index (χ3v) is 3.40. The number of hydrogen-bond donors (Lipinski definition) is 1. The molecule has 0 aliphatic carbocycles. The molecule has 15 heavy (non-hydrogen) atoms. The third kappa shape index (κ3) is 2.16. The van der Waals surface area contributed by atoms with E-state index < -0.39 is 0 Å². The number of aryl methyl sites for hydroxylation is 1. The van der Waals surface area contributed by atoms with Crippen molar-refractivity contribution in [3.05, 3.63) is 24.3 Å². The summed E-state index contributed by atoms with van der Waals surface area (Å²) in [4.78, 5) is 4.53. The second kappa shape index (κ2) is 4.68. The minimum absolute atomic E-state index is 0.247. The van der Waals surface area contributed by atoms with Crippen LogP contribution in [-0.4, -0.2) is 27.0 Å². The lowest BCUT2D eigenvalue weighted by Crippen LogP contribution is -1.92. The molecule has 80 valence electrons. The second-order valence-corrected chi connectivity index (χ2v) is 4.43. The number of nitrogens with zero attached hydrogens (tertiary/aromatic N) is 2. The Morgan fingerprint density at radius 1 is 1.40 bits per heavy atom. The van der Waals surface area contributed by atoms with Gasteiger partial charge in [-0.2, -0.15) is 0 Å². The van der Waals surface area contributed by atoms with Crippen LogP contribution in [0.15, 0.2) is 29.4 Å². The van der Waals surface area contributed by atoms with Crippen LogP contribution in [0.25, 0.3) is 11.0 Å². The molecular weight excluding hydrogens is 208 g/mol. The van der Waals surface area contributed by atoms with E-state index in [0.717, 1.165) is 28.4 Å². The summed E-state index contributed by atoms with van der Waals surface area (Å²) in [6.45, 7) is 0.247. The maximum atomic E-state index is 8.71. The highest BCUT2D eigenvalue weighted by Crippen LogP contribution is 2.22. The molecular formula is C11H14N2OS. The number of aromatic nitrogens is 2. The van der Waals surface area contributed by atoms with Gasteiger partial charge in [0.15, 0.2) is 5.16 Å². The fourth-order valence-corrected chi connectivity index (χ4v) is 2.39. The van der Waals surface area contributed by atoms with Crippen LogP contribution in [0.1, 0.15) is 6.42 Å². The molecule has 4 heteroatoms. The molecule has 0 atom stereocenters. The fraction of sp³-hybridized carbons (Fsp3) is 0.364. The first-order valence-electron chi connectivity index (χ1n) is 4.98. The number of rotatable bonds is 4. The summed E-state index contributed by atoms with van der Waals surface area (Å²) in [7, 11) is 2.02. The molecule has 0 saturated heterocycles. The first-order valence-corrected chi connectivity index (χ1v) is 5.96. The van der Waals surface area contributed by atoms with Crippen molar-refractivity contribution in [2.45, 2.75) is 11.6 Å². The lowest BCUT2D eigenvalue weighted by molar-refractivity contribution is 0.296. The smallest absolute Gasteiger partial charge is 0.168 e. The van der Waals surface area contributed by atoms with Crippen LogP contribution < -0.4 is 0 Å². The topological polar surface area (TPSA) is 38.0 Å². The van der Waals surface area contributed by atoms with Crippen molar-refractivity contribution in [3.63, 3.8) is 0 Å². The van der Waals surface area contributed by atoms with Gasteiger partial charge in [0, 0.05) is 19.4 Å². The summed E-state index contributed by atoms with van der Waals surface area (Å²) < 4.78 is 2.09. The van der Waals surface area contributed by atoms with Gasteiger partial charge in [0.25, 0.3) is 0 Å². The lowest BCUT2D eigenvalue weighted by Gasteiger charge is -2.00. The Kier molecular flexibility index (Phi) is 3.28. The SMILES string of the molecule is Cn1c(SCCCO)nc2ccccc21. The van der Waals surface area contributed by atoms with Crippen molar-refractivity contribution < 1.29 is 5.11 Å². The first kappa shape index (κ1) is 10.5. The van der Waals surface area contributed by atoms with E-state index in [9.17, 15) is 0 Å². The van der Waals surface area contributed by atoms with Crippen LogP contribution in [0, 0.1) is 0 Å². The van der Waals surface area contributed by atoms with Gasteiger partial charge in [-0.25, -0.2) is 4.98 Å². The Balaban J connectivity index is 2.24. The van der Waals surface area contributed by atoms with E-state index in [1.54, 1.807) is 11.8 Å². The molecule has 0 bridgehead atoms. The Morgan fingerprint density at radius 3 is 2.93 bits per heavy atom. The number of benzene rings is 1. The maximum Gasteiger partial charge on any atom is 0.168 e. The normalized spacial score (nSPS) is 11.1. The Bertz CT molecular complexity index is 453. The van der Waals surface area contributed by atoms with Crippen LogP contribution in [0.3, 0.4) is 0 Å². The molecule has 1 heterocycles. The number of aliphatic hydroxyl groups is 1. The minimum Gasteiger partial charge on any atom is -0.396 e. The van der Waals surface area contributed by atoms with Gasteiger partial charge in [0.05, 0.1) is 11.0 Å². The molecule has 0 radical (unpaired) electrons. The van der Waals surface area contributed by atoms with Gasteiger partial charge in [-0.05, 0) is 18.6 Å². The summed E-state index contributed by atoms with van der Waals surface area (Å²) in [5.74, 6) is 0.910. The summed E-state index contributed by atoms with van der Waals surface area (Å²) in [5.41, 5.74) is 2.19. The zero-order valence-electron chi connectivity index (χ0n) is 8.68. The zero-order chi connectivity index (χ0) is 10.7. The summed E-state index contributed by atoms with van der Waals surface area (Å²) in [6.07, 6.45) is 0.813. The minimum atomic E-state index is 0.247. The van der Waals surface area contributed by atoms with Crippen molar-refractivity contribution in [2.24, 2.45) is 7.05 Å². The number of thioether (sulfide) groups is 1. The number of imidazole rings is 1. The van der Waals surface area contributed by atoms with Crippen molar-refractivity contribution in [3.8, 4) is 0 Å². The van der Waals surface area contributed by atoms with Gasteiger partial charge in [-0.15, -0.1) is 0 Å². The van der Waals surface area contributed by atoms with Crippen molar-refractivity contribution in [1.82, 2.24) is 9.55 Å². The van der Waals surface area contributed by atoms with Crippen LogP contribution in [0.4, 0.5) is 0 Å². The summed E-state index contributed by atoms with van der Waals surface area (Å²) in [5, 5.41) is 9.73. The Morgan fingerprint density at radius 2 is 2.20 bits per heavy atom. The number of para-hydroxylation sites is 2. The molecule has 1 aromatic carbocycles. The van der Waals surface area contributed by atoms with Gasteiger partial charge >= 0.3 is 0 Å². The molecule has 3 nitrogen and oxygen atoms in total. The van der Waals surface area contributed by atoms with Crippen molar-refractivity contribution in [2.75, 3.05) is 12.4 Å². The molecule has 1 aromatic heterocycles. The quantitative estimate of drug-likeness (QED) is 0.635. The molecule has 0 saturated carbocycles. The lowest BCUT2D eigenvalue weighted by atomic mass is 10.3. The maximum absolute atomic E-state index is 8.71. The molecule has 0 aliphatic rings. The van der Waals surface area contributed by atoms with E-state index >= 15 is 0 Å². The van der Waals surface area contributed by atoms with E-state index in [0.29, 0.717) is 0 Å². The van der Waals surface area contributed by atoms with E-state index in [-0.39, 0.29) is 6.61 Å². The van der Waals surface area contributed by atoms with Gasteiger partial charge in [-0.3, -0.25) is 0 Å². The molecule has 0 unspecified atom stereocenters. The standard InChI is InChI=1S/C11H14N2OS/c1-13-10-6-3-2-5-9(10)12-11(13)15-8-4-7-14/h2-3,5-6,14H,4,7-8H2,1H3. The molecule has 2 rings (SSSR count). The highest BCUT2D eigenvalue weighted by atomic mass is 32.2. The molecule has 1 N–H and O–H groups in total. The highest BCUT2D eigenvalue weighted by Gasteiger charge is 2.06. The van der Waals surface area contributed by atoms with E-state index in [2.05, 4.69) is 15.6 Å². The summed E-state index contributed by atoms with van der Waals surface area (Å²) in [6, 6.07) is 8.10. The molecule has 0 amide bonds. The molecule has 0 aliphatic heterocycles. The van der Waals surface area contributed by atoms with Crippen molar-refractivity contribution in [1.29, 1.82) is 0 Å². The van der Waals surface area contributed by atoms with E-state index in [1.807, 2.05) is 25.2 Å². The van der Waals surface area contributed by atoms with Crippen LogP contribution in [-0.2, 0) is 7.05 Å². The third-order valence-electron chi connectivity index (χ3n) is 2.28. The van der Waals surface area contributed by atoms with Gasteiger partial charge in [-0.1, -0.05) is 23.9 Å². The predicted molar refractivity (Wildman–Crippen MR) is 63.1 cm³/mol. The van der Waals surface area contributed by atoms with Gasteiger partial charge in [0.1, 0.15) is 0 Å². The predicted octanol–water partition coefficient (Wildman–Crippen LogP) is 2.05. The zero-order valence-corrected chi connectivity index (χ0v) is 9.50. The molecule has 0 fully saturated rings. The highest BCUT2D eigenvalue weighted by molar-refractivity contribution is 7.99. The Hall–Kier alpha value is -1.00. The van der Waals surface area contributed by atoms with Crippen LogP contribution in [0.5, 0.6) is 0 Å². The fourth-order valence-electron chi connectivity index (χ4n) is 1.48. The Labute approximate surface area is 93.1 Å². The van der Waals surface area contributed by atoms with Gasteiger partial charge < -0.3 is 9.67 Å². The van der Waals surface area contributed by atoms with Crippen molar-refractivity contribution >= 4 is 22.8 Å². The second-order valence-electron chi connectivity index (χ2n) is 3.37. The van der Waals surface area contributed by atoms with Gasteiger partial charge in [0.2, 0.25) is 0 Å². The molecule has 0 spiro atoms.